The molecule has 220 valence electrons. The summed E-state index contributed by atoms with van der Waals surface area (Å²) < 4.78 is 0. The van der Waals surface area contributed by atoms with Crippen LogP contribution in [-0.2, 0) is 22.7 Å². The number of carbonyl (C=O) groups is 2. The van der Waals surface area contributed by atoms with Gasteiger partial charge in [0.15, 0.2) is 0 Å². The molecule has 4 unspecified atom stereocenters. The number of nitrogens with zero attached hydrogens (tertiary/aromatic N) is 1. The molecule has 8 heteroatoms. The molecular weight excluding hydrogens is 532 g/mol. The molecular formula is C33H44N4O3S. The molecule has 5 N–H and O–H groups in total. The Hall–Kier alpha value is -3.17. The average molecular weight is 577 g/mol. The zero-order chi connectivity index (χ0) is 29.8. The lowest BCUT2D eigenvalue weighted by molar-refractivity contribution is -0.135. The van der Waals surface area contributed by atoms with E-state index < -0.39 is 23.6 Å². The summed E-state index contributed by atoms with van der Waals surface area (Å²) in [7, 11) is 0. The van der Waals surface area contributed by atoms with Gasteiger partial charge in [-0.25, -0.2) is 0 Å². The van der Waals surface area contributed by atoms with Gasteiger partial charge >= 0.3 is 0 Å². The second-order valence-electron chi connectivity index (χ2n) is 11.0. The molecule has 3 aromatic carbocycles. The van der Waals surface area contributed by atoms with Crippen LogP contribution in [0.2, 0.25) is 0 Å². The molecule has 2 amide bonds. The number of nitrogens with one attached hydrogen (secondary N) is 2. The van der Waals surface area contributed by atoms with Gasteiger partial charge in [0.2, 0.25) is 11.8 Å². The molecule has 0 aliphatic rings. The topological polar surface area (TPSA) is 108 Å². The summed E-state index contributed by atoms with van der Waals surface area (Å²) in [5.74, 6) is -0.487. The molecule has 0 fully saturated rings. The molecule has 0 spiro atoms. The van der Waals surface area contributed by atoms with Crippen LogP contribution in [0.1, 0.15) is 38.8 Å². The zero-order valence-corrected chi connectivity index (χ0v) is 25.3. The SMILES string of the molecule is CC(C)C(N)C(=O)N(Cc1ccccc1)CC(O)C(NC(=O)C(NCc1ccccc1)C(C)C)Sc1ccccc1. The minimum Gasteiger partial charge on any atom is -0.388 e. The van der Waals surface area contributed by atoms with E-state index >= 15 is 0 Å². The Labute approximate surface area is 248 Å². The highest BCUT2D eigenvalue weighted by Gasteiger charge is 2.32. The van der Waals surface area contributed by atoms with E-state index in [0.29, 0.717) is 13.1 Å². The van der Waals surface area contributed by atoms with E-state index in [1.165, 1.54) is 11.8 Å². The summed E-state index contributed by atoms with van der Waals surface area (Å²) in [6.07, 6.45) is -1.06. The number of amides is 2. The second kappa shape index (κ2) is 16.3. The van der Waals surface area contributed by atoms with Gasteiger partial charge in [-0.1, -0.05) is 118 Å². The maximum atomic E-state index is 13.6. The lowest BCUT2D eigenvalue weighted by atomic mass is 10.0. The number of thioether (sulfide) groups is 1. The monoisotopic (exact) mass is 576 g/mol. The Morgan fingerprint density at radius 3 is 1.90 bits per heavy atom. The first-order valence-corrected chi connectivity index (χ1v) is 15.1. The first-order chi connectivity index (χ1) is 19.7. The fraction of sp³-hybridized carbons (Fsp3) is 0.394. The van der Waals surface area contributed by atoms with Crippen LogP contribution in [0.4, 0.5) is 0 Å². The number of rotatable bonds is 15. The lowest BCUT2D eigenvalue weighted by Gasteiger charge is -2.33. The van der Waals surface area contributed by atoms with E-state index in [4.69, 9.17) is 5.73 Å². The summed E-state index contributed by atoms with van der Waals surface area (Å²) in [4.78, 5) is 29.5. The normalized spacial score (nSPS) is 14.3. The first kappa shape index (κ1) is 32.3. The molecule has 0 aromatic heterocycles. The Morgan fingerprint density at radius 2 is 1.37 bits per heavy atom. The van der Waals surface area contributed by atoms with Gasteiger partial charge in [0.25, 0.3) is 0 Å². The number of hydrogen-bond acceptors (Lipinski definition) is 6. The van der Waals surface area contributed by atoms with Crippen molar-refractivity contribution in [3.8, 4) is 0 Å². The second-order valence-corrected chi connectivity index (χ2v) is 12.2. The number of hydrogen-bond donors (Lipinski definition) is 4. The standard InChI is InChI=1S/C33H44N4O3S/c1-23(2)29(34)33(40)37(21-26-16-10-6-11-17-26)22-28(38)32(41-27-18-12-7-13-19-27)36-31(39)30(24(3)4)35-20-25-14-8-5-9-15-25/h5-19,23-24,28-30,32,35,38H,20-22,34H2,1-4H3,(H,36,39). The van der Waals surface area contributed by atoms with Crippen LogP contribution in [0.15, 0.2) is 95.9 Å². The van der Waals surface area contributed by atoms with E-state index in [9.17, 15) is 14.7 Å². The molecule has 4 atom stereocenters. The van der Waals surface area contributed by atoms with E-state index in [1.54, 1.807) is 4.90 Å². The van der Waals surface area contributed by atoms with Crippen molar-refractivity contribution in [2.24, 2.45) is 17.6 Å². The van der Waals surface area contributed by atoms with E-state index in [-0.39, 0.29) is 30.2 Å². The number of carbonyl (C=O) groups excluding carboxylic acids is 2. The molecule has 0 saturated carbocycles. The van der Waals surface area contributed by atoms with Crippen molar-refractivity contribution in [3.05, 3.63) is 102 Å². The Morgan fingerprint density at radius 1 is 0.829 bits per heavy atom. The van der Waals surface area contributed by atoms with Crippen LogP contribution in [0.5, 0.6) is 0 Å². The Balaban J connectivity index is 1.81. The largest absolute Gasteiger partial charge is 0.388 e. The van der Waals surface area contributed by atoms with E-state index in [1.807, 2.05) is 119 Å². The van der Waals surface area contributed by atoms with Crippen molar-refractivity contribution in [1.29, 1.82) is 0 Å². The summed E-state index contributed by atoms with van der Waals surface area (Å²) in [6.45, 7) is 8.66. The fourth-order valence-corrected chi connectivity index (χ4v) is 5.41. The van der Waals surface area contributed by atoms with Gasteiger partial charge in [-0.3, -0.25) is 9.59 Å². The predicted molar refractivity (Wildman–Crippen MR) is 167 cm³/mol. The summed E-state index contributed by atoms with van der Waals surface area (Å²) in [5, 5.41) is 17.3. The quantitative estimate of drug-likeness (QED) is 0.158. The van der Waals surface area contributed by atoms with Crippen LogP contribution >= 0.6 is 11.8 Å². The number of nitrogens with two attached hydrogens (primary N) is 1. The summed E-state index contributed by atoms with van der Waals surface area (Å²) >= 11 is 1.36. The highest BCUT2D eigenvalue weighted by atomic mass is 32.2. The molecule has 3 rings (SSSR count). The molecule has 0 aliphatic carbocycles. The third-order valence-electron chi connectivity index (χ3n) is 6.90. The Kier molecular flexibility index (Phi) is 12.9. The number of benzene rings is 3. The smallest absolute Gasteiger partial charge is 0.240 e. The summed E-state index contributed by atoms with van der Waals surface area (Å²) in [6, 6.07) is 28.0. The number of aliphatic hydroxyl groups is 1. The summed E-state index contributed by atoms with van der Waals surface area (Å²) in [5.41, 5.74) is 8.29. The van der Waals surface area contributed by atoms with Crippen molar-refractivity contribution < 1.29 is 14.7 Å². The van der Waals surface area contributed by atoms with Crippen molar-refractivity contribution in [2.75, 3.05) is 6.54 Å². The third-order valence-corrected chi connectivity index (χ3v) is 8.13. The lowest BCUT2D eigenvalue weighted by Crippen LogP contribution is -2.55. The molecule has 0 bridgehead atoms. The van der Waals surface area contributed by atoms with Crippen molar-refractivity contribution in [3.63, 3.8) is 0 Å². The number of aliphatic hydroxyl groups excluding tert-OH is 1. The van der Waals surface area contributed by atoms with Gasteiger partial charge in [-0.2, -0.15) is 0 Å². The van der Waals surface area contributed by atoms with Crippen molar-refractivity contribution in [1.82, 2.24) is 15.5 Å². The van der Waals surface area contributed by atoms with Crippen molar-refractivity contribution >= 4 is 23.6 Å². The van der Waals surface area contributed by atoms with Crippen LogP contribution in [0.3, 0.4) is 0 Å². The van der Waals surface area contributed by atoms with Crippen LogP contribution in [-0.4, -0.2) is 51.9 Å². The van der Waals surface area contributed by atoms with Gasteiger partial charge in [0.1, 0.15) is 11.5 Å². The maximum absolute atomic E-state index is 13.6. The van der Waals surface area contributed by atoms with Gasteiger partial charge in [0.05, 0.1) is 12.1 Å². The first-order valence-electron chi connectivity index (χ1n) is 14.2. The van der Waals surface area contributed by atoms with Crippen LogP contribution < -0.4 is 16.4 Å². The molecule has 0 heterocycles. The molecule has 0 aliphatic heterocycles. The third kappa shape index (κ3) is 10.3. The zero-order valence-electron chi connectivity index (χ0n) is 24.4. The van der Waals surface area contributed by atoms with Gasteiger partial charge in [-0.05, 0) is 35.1 Å². The average Bonchev–Trinajstić information content (AvgIpc) is 2.97. The van der Waals surface area contributed by atoms with Gasteiger partial charge < -0.3 is 26.4 Å². The minimum atomic E-state index is -1.06. The maximum Gasteiger partial charge on any atom is 0.240 e. The van der Waals surface area contributed by atoms with Crippen LogP contribution in [0.25, 0.3) is 0 Å². The highest BCUT2D eigenvalue weighted by molar-refractivity contribution is 8.00. The highest BCUT2D eigenvalue weighted by Crippen LogP contribution is 2.25. The fourth-order valence-electron chi connectivity index (χ4n) is 4.39. The molecule has 41 heavy (non-hydrogen) atoms. The van der Waals surface area contributed by atoms with Crippen LogP contribution in [0, 0.1) is 11.8 Å². The Bertz CT molecular complexity index is 1190. The molecule has 0 radical (unpaired) electrons. The predicted octanol–water partition coefficient (Wildman–Crippen LogP) is 4.41. The minimum absolute atomic E-state index is 0.0124. The van der Waals surface area contributed by atoms with Crippen molar-refractivity contribution in [2.45, 2.75) is 69.2 Å². The van der Waals surface area contributed by atoms with E-state index in [0.717, 1.165) is 16.0 Å². The van der Waals surface area contributed by atoms with Gasteiger partial charge in [0, 0.05) is 24.5 Å². The van der Waals surface area contributed by atoms with E-state index in [2.05, 4.69) is 10.6 Å². The molecule has 0 saturated heterocycles. The van der Waals surface area contributed by atoms with Gasteiger partial charge in [-0.15, -0.1) is 0 Å². The molecule has 3 aromatic rings. The molecule has 7 nitrogen and oxygen atoms in total.